The number of ether oxygens (including phenoxy) is 1. The number of aryl methyl sites for hydroxylation is 1. The van der Waals surface area contributed by atoms with Gasteiger partial charge in [-0.2, -0.15) is 5.10 Å². The molecule has 2 aliphatic heterocycles. The average Bonchev–Trinajstić information content (AvgIpc) is 3.56. The number of benzene rings is 2. The van der Waals surface area contributed by atoms with E-state index in [9.17, 15) is 14.4 Å². The van der Waals surface area contributed by atoms with Gasteiger partial charge in [-0.15, -0.1) is 0 Å². The smallest absolute Gasteiger partial charge is 0.352 e. The first-order chi connectivity index (χ1) is 19.8. The number of hydrogen-bond donors (Lipinski definition) is 0. The number of carbonyl (C=O) groups excluding carboxylic acids is 3. The van der Waals surface area contributed by atoms with Gasteiger partial charge in [-0.05, 0) is 48.7 Å². The normalized spacial score (nSPS) is 17.8. The van der Waals surface area contributed by atoms with Crippen LogP contribution in [-0.4, -0.2) is 55.6 Å². The summed E-state index contributed by atoms with van der Waals surface area (Å²) in [5, 5.41) is 5.01. The maximum atomic E-state index is 13.7. The van der Waals surface area contributed by atoms with Crippen LogP contribution < -0.4 is 9.62 Å². The SMILES string of the molecule is CC(=O)OOc1cc(C(=O)N2CCC3(CC2)CC(=O)c2cc(-c4cnn(C)c4)ccc2O3)cc2c1ccn2C1CC1. The average molecular weight is 555 g/mol. The van der Waals surface area contributed by atoms with Crippen molar-refractivity contribution in [3.63, 3.8) is 0 Å². The minimum atomic E-state index is -0.634. The minimum absolute atomic E-state index is 0.0512. The van der Waals surface area contributed by atoms with E-state index in [0.29, 0.717) is 54.6 Å². The molecule has 4 heterocycles. The number of nitrogens with zero attached hydrogens (tertiary/aromatic N) is 4. The molecule has 10 heteroatoms. The predicted octanol–water partition coefficient (Wildman–Crippen LogP) is 4.87. The third kappa shape index (κ3) is 4.63. The Labute approximate surface area is 236 Å². The molecule has 41 heavy (non-hydrogen) atoms. The quantitative estimate of drug-likeness (QED) is 0.256. The van der Waals surface area contributed by atoms with Gasteiger partial charge in [0.2, 0.25) is 0 Å². The summed E-state index contributed by atoms with van der Waals surface area (Å²) in [6, 6.07) is 11.5. The fourth-order valence-electron chi connectivity index (χ4n) is 6.02. The number of aromatic nitrogens is 3. The Bertz CT molecular complexity index is 1710. The zero-order chi connectivity index (χ0) is 28.3. The Morgan fingerprint density at radius 2 is 1.88 bits per heavy atom. The van der Waals surface area contributed by atoms with Crippen molar-refractivity contribution >= 4 is 28.6 Å². The molecule has 2 aromatic carbocycles. The zero-order valence-electron chi connectivity index (χ0n) is 23.0. The van der Waals surface area contributed by atoms with Gasteiger partial charge in [0.25, 0.3) is 5.91 Å². The number of likely N-dealkylation sites (tertiary alicyclic amines) is 1. The number of carbonyl (C=O) groups is 3. The molecule has 2 fully saturated rings. The third-order valence-corrected chi connectivity index (χ3v) is 8.33. The van der Waals surface area contributed by atoms with Crippen molar-refractivity contribution in [3.8, 4) is 22.6 Å². The van der Waals surface area contributed by atoms with Gasteiger partial charge >= 0.3 is 5.97 Å². The molecular weight excluding hydrogens is 524 g/mol. The lowest BCUT2D eigenvalue weighted by Crippen LogP contribution is -2.52. The van der Waals surface area contributed by atoms with E-state index in [2.05, 4.69) is 9.67 Å². The fraction of sp³-hybridized carbons (Fsp3) is 0.355. The van der Waals surface area contributed by atoms with Gasteiger partial charge in [0.15, 0.2) is 11.5 Å². The summed E-state index contributed by atoms with van der Waals surface area (Å²) < 4.78 is 10.4. The van der Waals surface area contributed by atoms with Crippen molar-refractivity contribution in [2.24, 2.45) is 7.05 Å². The first kappa shape index (κ1) is 25.4. The summed E-state index contributed by atoms with van der Waals surface area (Å²) in [4.78, 5) is 50.4. The number of hydrogen-bond acceptors (Lipinski definition) is 7. The summed E-state index contributed by atoms with van der Waals surface area (Å²) in [6.45, 7) is 2.18. The summed E-state index contributed by atoms with van der Waals surface area (Å²) in [5.41, 5.74) is 3.15. The Morgan fingerprint density at radius 3 is 2.59 bits per heavy atom. The van der Waals surface area contributed by atoms with Crippen molar-refractivity contribution in [2.45, 2.75) is 50.7 Å². The molecule has 0 bridgehead atoms. The van der Waals surface area contributed by atoms with Crippen LogP contribution in [0.3, 0.4) is 0 Å². The molecule has 10 nitrogen and oxygen atoms in total. The molecule has 7 rings (SSSR count). The molecule has 1 aliphatic carbocycles. The van der Waals surface area contributed by atoms with E-state index >= 15 is 0 Å². The molecule has 2 aromatic heterocycles. The van der Waals surface area contributed by atoms with Crippen molar-refractivity contribution in [1.29, 1.82) is 0 Å². The highest BCUT2D eigenvalue weighted by atomic mass is 17.2. The lowest BCUT2D eigenvalue weighted by molar-refractivity contribution is -0.210. The van der Waals surface area contributed by atoms with Gasteiger partial charge in [-0.3, -0.25) is 24.0 Å². The Morgan fingerprint density at radius 1 is 1.07 bits per heavy atom. The van der Waals surface area contributed by atoms with E-state index in [1.165, 1.54) is 6.92 Å². The summed E-state index contributed by atoms with van der Waals surface area (Å²) in [5.74, 6) is 0.260. The Balaban J connectivity index is 1.10. The van der Waals surface area contributed by atoms with Crippen LogP contribution in [0.4, 0.5) is 0 Å². The third-order valence-electron chi connectivity index (χ3n) is 8.33. The van der Waals surface area contributed by atoms with Crippen LogP contribution in [0.2, 0.25) is 0 Å². The number of rotatable bonds is 5. The van der Waals surface area contributed by atoms with Crippen LogP contribution >= 0.6 is 0 Å². The van der Waals surface area contributed by atoms with Crippen LogP contribution in [0.25, 0.3) is 22.0 Å². The first-order valence-electron chi connectivity index (χ1n) is 13.9. The highest BCUT2D eigenvalue weighted by Crippen LogP contribution is 2.42. The topological polar surface area (TPSA) is 105 Å². The van der Waals surface area contributed by atoms with E-state index in [1.54, 1.807) is 21.8 Å². The second-order valence-corrected chi connectivity index (χ2v) is 11.3. The number of piperidine rings is 1. The molecular formula is C31H30N4O6. The molecule has 1 spiro atoms. The van der Waals surface area contributed by atoms with Crippen LogP contribution in [0.1, 0.15) is 65.8 Å². The van der Waals surface area contributed by atoms with Crippen LogP contribution in [0.15, 0.2) is 55.0 Å². The van der Waals surface area contributed by atoms with E-state index in [4.69, 9.17) is 14.5 Å². The van der Waals surface area contributed by atoms with Crippen molar-refractivity contribution in [1.82, 2.24) is 19.2 Å². The lowest BCUT2D eigenvalue weighted by Gasteiger charge is -2.44. The molecule has 4 aromatic rings. The Kier molecular flexibility index (Phi) is 5.88. The van der Waals surface area contributed by atoms with Crippen molar-refractivity contribution < 1.29 is 28.9 Å². The van der Waals surface area contributed by atoms with Gasteiger partial charge in [-0.25, -0.2) is 4.79 Å². The predicted molar refractivity (Wildman–Crippen MR) is 149 cm³/mol. The number of ketones is 1. The fourth-order valence-corrected chi connectivity index (χ4v) is 6.02. The van der Waals surface area contributed by atoms with Gasteiger partial charge in [0, 0.05) is 74.9 Å². The summed E-state index contributed by atoms with van der Waals surface area (Å²) >= 11 is 0. The highest BCUT2D eigenvalue weighted by Gasteiger charge is 2.44. The molecule has 0 radical (unpaired) electrons. The van der Waals surface area contributed by atoms with E-state index < -0.39 is 11.6 Å². The number of fused-ring (bicyclic) bond motifs is 2. The lowest BCUT2D eigenvalue weighted by atomic mass is 9.82. The number of Topliss-reactive ketones (excluding diaryl/α,β-unsaturated/α-hetero) is 1. The monoisotopic (exact) mass is 554 g/mol. The van der Waals surface area contributed by atoms with Gasteiger partial charge in [0.05, 0.1) is 23.7 Å². The van der Waals surface area contributed by atoms with Crippen LogP contribution in [0.5, 0.6) is 11.5 Å². The van der Waals surface area contributed by atoms with Crippen molar-refractivity contribution in [2.75, 3.05) is 13.1 Å². The van der Waals surface area contributed by atoms with Crippen molar-refractivity contribution in [3.05, 3.63) is 66.1 Å². The zero-order valence-corrected chi connectivity index (χ0v) is 23.0. The maximum absolute atomic E-state index is 13.7. The largest absolute Gasteiger partial charge is 0.486 e. The van der Waals surface area contributed by atoms with E-state index in [-0.39, 0.29) is 18.1 Å². The summed E-state index contributed by atoms with van der Waals surface area (Å²) in [7, 11) is 1.86. The maximum Gasteiger partial charge on any atom is 0.352 e. The molecule has 1 amide bonds. The molecule has 0 N–H and O–H groups in total. The molecule has 1 saturated heterocycles. The first-order valence-corrected chi connectivity index (χ1v) is 13.9. The molecule has 3 aliphatic rings. The number of amides is 1. The standard InChI is InChI=1S/C31H30N4O6/c1-19(36)40-41-29-15-21(14-26-24(29)7-10-35(26)23-4-5-23)30(38)34-11-8-31(9-12-34)16-27(37)25-13-20(3-6-28(25)39-31)22-17-32-33(2)18-22/h3,6-7,10,13-15,17-18,23H,4-5,8-9,11-12,16H2,1-2H3. The van der Waals surface area contributed by atoms with Gasteiger partial charge < -0.3 is 14.2 Å². The minimum Gasteiger partial charge on any atom is -0.486 e. The molecule has 0 atom stereocenters. The van der Waals surface area contributed by atoms with Crippen LogP contribution in [0, 0.1) is 0 Å². The molecule has 0 unspecified atom stereocenters. The van der Waals surface area contributed by atoms with Crippen LogP contribution in [-0.2, 0) is 16.7 Å². The highest BCUT2D eigenvalue weighted by molar-refractivity contribution is 6.02. The van der Waals surface area contributed by atoms with Gasteiger partial charge in [-0.1, -0.05) is 6.07 Å². The van der Waals surface area contributed by atoms with Gasteiger partial charge in [0.1, 0.15) is 11.4 Å². The summed E-state index contributed by atoms with van der Waals surface area (Å²) in [6.07, 6.45) is 9.22. The van der Waals surface area contributed by atoms with E-state index in [1.807, 2.05) is 49.8 Å². The second kappa shape index (κ2) is 9.50. The molecule has 210 valence electrons. The Hall–Kier alpha value is -4.60. The molecule has 1 saturated carbocycles. The van der Waals surface area contributed by atoms with E-state index in [0.717, 1.165) is 34.9 Å². The second-order valence-electron chi connectivity index (χ2n) is 11.3.